The summed E-state index contributed by atoms with van der Waals surface area (Å²) in [6.07, 6.45) is 4.55. The summed E-state index contributed by atoms with van der Waals surface area (Å²) in [5.74, 6) is 2.30. The molecule has 0 bridgehead atoms. The van der Waals surface area contributed by atoms with Crippen molar-refractivity contribution in [1.29, 1.82) is 0 Å². The van der Waals surface area contributed by atoms with Gasteiger partial charge in [0, 0.05) is 48.5 Å². The zero-order valence-corrected chi connectivity index (χ0v) is 20.2. The highest BCUT2D eigenvalue weighted by Gasteiger charge is 2.19. The fraction of sp³-hybridized carbons (Fsp3) is 0.480. The molecule has 0 atom stereocenters. The molecule has 4 rings (SSSR count). The van der Waals surface area contributed by atoms with Crippen LogP contribution >= 0.6 is 0 Å². The number of aryl methyl sites for hydroxylation is 3. The first-order chi connectivity index (χ1) is 15.8. The highest BCUT2D eigenvalue weighted by Crippen LogP contribution is 2.21. The lowest BCUT2D eigenvalue weighted by Gasteiger charge is -2.31. The van der Waals surface area contributed by atoms with Gasteiger partial charge in [-0.05, 0) is 64.2 Å². The molecule has 3 aromatic heterocycles. The number of hydrogen-bond donors (Lipinski definition) is 1. The van der Waals surface area contributed by atoms with E-state index < -0.39 is 0 Å². The summed E-state index contributed by atoms with van der Waals surface area (Å²) in [6.45, 7) is 12.6. The smallest absolute Gasteiger partial charge is 0.251 e. The van der Waals surface area contributed by atoms with Crippen LogP contribution in [-0.4, -0.2) is 43.7 Å². The van der Waals surface area contributed by atoms with E-state index in [4.69, 9.17) is 0 Å². The third-order valence-electron chi connectivity index (χ3n) is 6.34. The normalized spacial score (nSPS) is 14.5. The summed E-state index contributed by atoms with van der Waals surface area (Å²) in [7, 11) is 0. The first kappa shape index (κ1) is 22.9. The Balaban J connectivity index is 1.37. The van der Waals surface area contributed by atoms with Crippen molar-refractivity contribution in [1.82, 2.24) is 30.0 Å². The van der Waals surface area contributed by atoms with Crippen molar-refractivity contribution in [2.24, 2.45) is 5.92 Å². The molecule has 0 radical (unpaired) electrons. The maximum Gasteiger partial charge on any atom is 0.251 e. The Morgan fingerprint density at radius 2 is 1.79 bits per heavy atom. The van der Waals surface area contributed by atoms with Gasteiger partial charge in [-0.3, -0.25) is 4.79 Å². The number of nitrogens with zero attached hydrogens (tertiary/aromatic N) is 6. The van der Waals surface area contributed by atoms with Crippen molar-refractivity contribution in [2.45, 2.75) is 60.4 Å². The topological polar surface area (TPSA) is 88.8 Å². The summed E-state index contributed by atoms with van der Waals surface area (Å²) in [4.78, 5) is 28.6. The Hall–Kier alpha value is -3.29. The summed E-state index contributed by atoms with van der Waals surface area (Å²) in [6, 6.07) is 6.03. The predicted molar refractivity (Wildman–Crippen MR) is 129 cm³/mol. The maximum absolute atomic E-state index is 12.7. The summed E-state index contributed by atoms with van der Waals surface area (Å²) < 4.78 is 1.72. The van der Waals surface area contributed by atoms with E-state index in [9.17, 15) is 4.79 Å². The van der Waals surface area contributed by atoms with Crippen LogP contribution in [0.25, 0.3) is 5.95 Å². The third-order valence-corrected chi connectivity index (χ3v) is 6.34. The molecule has 8 nitrogen and oxygen atoms in total. The van der Waals surface area contributed by atoms with Crippen LogP contribution in [0, 0.1) is 33.6 Å². The van der Waals surface area contributed by atoms with Crippen LogP contribution in [0.5, 0.6) is 0 Å². The van der Waals surface area contributed by atoms with Crippen molar-refractivity contribution in [3.05, 3.63) is 58.3 Å². The van der Waals surface area contributed by atoms with Crippen molar-refractivity contribution >= 4 is 11.7 Å². The molecule has 0 aromatic carbocycles. The van der Waals surface area contributed by atoms with Gasteiger partial charge < -0.3 is 10.2 Å². The second kappa shape index (κ2) is 9.68. The van der Waals surface area contributed by atoms with Crippen molar-refractivity contribution < 1.29 is 4.79 Å². The number of hydrogen-bond acceptors (Lipinski definition) is 6. The minimum absolute atomic E-state index is 0.0452. The van der Waals surface area contributed by atoms with Crippen LogP contribution < -0.4 is 10.2 Å². The van der Waals surface area contributed by atoms with E-state index in [0.29, 0.717) is 12.5 Å². The number of amides is 1. The van der Waals surface area contributed by atoms with E-state index in [1.807, 2.05) is 46.0 Å². The van der Waals surface area contributed by atoms with Crippen molar-refractivity contribution in [3.63, 3.8) is 0 Å². The first-order valence-electron chi connectivity index (χ1n) is 11.6. The van der Waals surface area contributed by atoms with Gasteiger partial charge in [0.2, 0.25) is 5.91 Å². The van der Waals surface area contributed by atoms with Crippen LogP contribution in [0.1, 0.15) is 53.7 Å². The summed E-state index contributed by atoms with van der Waals surface area (Å²) >= 11 is 0. The highest BCUT2D eigenvalue weighted by molar-refractivity contribution is 5.79. The fourth-order valence-corrected chi connectivity index (χ4v) is 4.30. The second-order valence-corrected chi connectivity index (χ2v) is 9.16. The SMILES string of the molecule is Cc1cc(C)nc(-n2nc(C)c(CC(=O)NCc3ccc(N4CCC(C)CC4)nc3)c2C)n1. The fourth-order valence-electron chi connectivity index (χ4n) is 4.30. The summed E-state index contributed by atoms with van der Waals surface area (Å²) in [5.41, 5.74) is 5.37. The third kappa shape index (κ3) is 5.38. The number of nitrogens with one attached hydrogen (secondary N) is 1. The molecule has 3 aromatic rings. The van der Waals surface area contributed by atoms with Gasteiger partial charge in [0.05, 0.1) is 12.1 Å². The molecule has 1 amide bonds. The van der Waals surface area contributed by atoms with Gasteiger partial charge in [0.15, 0.2) is 0 Å². The lowest BCUT2D eigenvalue weighted by molar-refractivity contribution is -0.120. The molecule has 1 aliphatic rings. The molecule has 33 heavy (non-hydrogen) atoms. The first-order valence-corrected chi connectivity index (χ1v) is 11.6. The van der Waals surface area contributed by atoms with Gasteiger partial charge in [-0.25, -0.2) is 19.6 Å². The Kier molecular flexibility index (Phi) is 6.72. The van der Waals surface area contributed by atoms with E-state index in [1.54, 1.807) is 4.68 Å². The predicted octanol–water partition coefficient (Wildman–Crippen LogP) is 3.39. The van der Waals surface area contributed by atoms with Crippen LogP contribution in [-0.2, 0) is 17.8 Å². The van der Waals surface area contributed by atoms with E-state index in [0.717, 1.165) is 58.7 Å². The van der Waals surface area contributed by atoms with E-state index >= 15 is 0 Å². The molecule has 0 spiro atoms. The lowest BCUT2D eigenvalue weighted by atomic mass is 9.99. The molecule has 4 heterocycles. The largest absolute Gasteiger partial charge is 0.357 e. The number of anilines is 1. The maximum atomic E-state index is 12.7. The van der Waals surface area contributed by atoms with E-state index in [2.05, 4.69) is 43.3 Å². The molecule has 1 aliphatic heterocycles. The van der Waals surface area contributed by atoms with Crippen molar-refractivity contribution in [3.8, 4) is 5.95 Å². The average molecular weight is 448 g/mol. The average Bonchev–Trinajstić information content (AvgIpc) is 3.06. The highest BCUT2D eigenvalue weighted by atomic mass is 16.1. The Bertz CT molecular complexity index is 1110. The zero-order valence-electron chi connectivity index (χ0n) is 20.2. The van der Waals surface area contributed by atoms with E-state index in [-0.39, 0.29) is 12.3 Å². The van der Waals surface area contributed by atoms with Gasteiger partial charge in [-0.15, -0.1) is 0 Å². The number of rotatable bonds is 6. The molecule has 0 unspecified atom stereocenters. The van der Waals surface area contributed by atoms with Gasteiger partial charge in [-0.2, -0.15) is 5.10 Å². The molecule has 1 fully saturated rings. The van der Waals surface area contributed by atoms with Gasteiger partial charge in [0.25, 0.3) is 5.95 Å². The molecule has 8 heteroatoms. The van der Waals surface area contributed by atoms with Crippen molar-refractivity contribution in [2.75, 3.05) is 18.0 Å². The number of aromatic nitrogens is 5. The number of piperidine rings is 1. The number of carbonyl (C=O) groups excluding carboxylic acids is 1. The Morgan fingerprint density at radius 1 is 1.09 bits per heavy atom. The molecule has 0 aliphatic carbocycles. The Morgan fingerprint density at radius 3 is 2.42 bits per heavy atom. The molecular weight excluding hydrogens is 414 g/mol. The monoisotopic (exact) mass is 447 g/mol. The van der Waals surface area contributed by atoms with Gasteiger partial charge >= 0.3 is 0 Å². The van der Waals surface area contributed by atoms with E-state index in [1.165, 1.54) is 12.8 Å². The molecule has 1 saturated heterocycles. The van der Waals surface area contributed by atoms with Crippen LogP contribution in [0.4, 0.5) is 5.82 Å². The molecule has 0 saturated carbocycles. The van der Waals surface area contributed by atoms with Crippen LogP contribution in [0.2, 0.25) is 0 Å². The van der Waals surface area contributed by atoms with Crippen LogP contribution in [0.3, 0.4) is 0 Å². The molecular formula is C25H33N7O. The summed E-state index contributed by atoms with van der Waals surface area (Å²) in [5, 5.41) is 7.60. The van der Waals surface area contributed by atoms with Gasteiger partial charge in [0.1, 0.15) is 5.82 Å². The molecule has 174 valence electrons. The zero-order chi connectivity index (χ0) is 23.5. The van der Waals surface area contributed by atoms with Gasteiger partial charge in [-0.1, -0.05) is 13.0 Å². The molecule has 1 N–H and O–H groups in total. The minimum atomic E-state index is -0.0452. The van der Waals surface area contributed by atoms with Crippen LogP contribution in [0.15, 0.2) is 24.4 Å². The standard InChI is InChI=1S/C25H33N7O/c1-16-8-10-31(11-9-16)23-7-6-21(14-26-23)15-27-24(33)13-22-19(4)30-32(20(22)5)25-28-17(2)12-18(3)29-25/h6-7,12,14,16H,8-11,13,15H2,1-5H3,(H,27,33). The second-order valence-electron chi connectivity index (χ2n) is 9.16. The lowest BCUT2D eigenvalue weighted by Crippen LogP contribution is -2.33. The minimum Gasteiger partial charge on any atom is -0.357 e. The number of carbonyl (C=O) groups is 1. The number of pyridine rings is 1. The quantitative estimate of drug-likeness (QED) is 0.623. The Labute approximate surface area is 195 Å².